The van der Waals surface area contributed by atoms with Crippen molar-refractivity contribution in [1.29, 1.82) is 0 Å². The van der Waals surface area contributed by atoms with E-state index in [1.54, 1.807) is 0 Å². The van der Waals surface area contributed by atoms with Crippen LogP contribution in [0.1, 0.15) is 278 Å². The van der Waals surface area contributed by atoms with Crippen LogP contribution in [-0.2, 0) is 23.8 Å². The lowest BCUT2D eigenvalue weighted by Crippen LogP contribution is -2.29. The number of hydrogen-bond donors (Lipinski definition) is 0. The van der Waals surface area contributed by atoms with Gasteiger partial charge in [0.25, 0.3) is 0 Å². The Bertz CT molecular complexity index is 1030. The monoisotopic (exact) mass is 869 g/mol. The van der Waals surface area contributed by atoms with Crippen LogP contribution < -0.4 is 0 Å². The van der Waals surface area contributed by atoms with E-state index in [-0.39, 0.29) is 25.2 Å². The SMILES string of the molecule is CCCCCC/C=C\CCCCCCCC(=O)OC[C@@H](COC(=O)CCC/C=C\C/C=C\C/C=C\CCCCCCCC)OCCCCCCCCCCCCCCCCCC. The molecule has 0 aliphatic heterocycles. The van der Waals surface area contributed by atoms with E-state index in [0.717, 1.165) is 64.2 Å². The molecule has 0 bridgehead atoms. The molecule has 0 aromatic heterocycles. The maximum atomic E-state index is 12.6. The Labute approximate surface area is 386 Å². The molecular formula is C57H104O5. The highest BCUT2D eigenvalue weighted by atomic mass is 16.6. The summed E-state index contributed by atoms with van der Waals surface area (Å²) in [5.41, 5.74) is 0. The van der Waals surface area contributed by atoms with Gasteiger partial charge in [-0.3, -0.25) is 9.59 Å². The van der Waals surface area contributed by atoms with Gasteiger partial charge in [0.2, 0.25) is 0 Å². The number of unbranched alkanes of at least 4 members (excludes halogenated alkanes) is 31. The van der Waals surface area contributed by atoms with E-state index >= 15 is 0 Å². The predicted molar refractivity (Wildman–Crippen MR) is 270 cm³/mol. The Morgan fingerprint density at radius 2 is 0.629 bits per heavy atom. The number of esters is 2. The summed E-state index contributed by atoms with van der Waals surface area (Å²) < 4.78 is 17.4. The van der Waals surface area contributed by atoms with E-state index in [0.29, 0.717) is 19.4 Å². The minimum Gasteiger partial charge on any atom is -0.463 e. The molecule has 0 radical (unpaired) electrons. The third kappa shape index (κ3) is 50.5. The number of carbonyl (C=O) groups is 2. The van der Waals surface area contributed by atoms with E-state index in [4.69, 9.17) is 14.2 Å². The molecule has 62 heavy (non-hydrogen) atoms. The quantitative estimate of drug-likeness (QED) is 0.0346. The van der Waals surface area contributed by atoms with E-state index < -0.39 is 6.10 Å². The van der Waals surface area contributed by atoms with Crippen molar-refractivity contribution in [2.45, 2.75) is 284 Å². The van der Waals surface area contributed by atoms with E-state index in [9.17, 15) is 9.59 Å². The molecule has 0 aliphatic carbocycles. The summed E-state index contributed by atoms with van der Waals surface area (Å²) >= 11 is 0. The maximum absolute atomic E-state index is 12.6. The molecule has 5 heteroatoms. The lowest BCUT2D eigenvalue weighted by atomic mass is 10.0. The fourth-order valence-corrected chi connectivity index (χ4v) is 7.73. The topological polar surface area (TPSA) is 61.8 Å². The molecule has 5 nitrogen and oxygen atoms in total. The molecule has 0 rings (SSSR count). The van der Waals surface area contributed by atoms with Crippen molar-refractivity contribution in [3.63, 3.8) is 0 Å². The second kappa shape index (κ2) is 53.2. The summed E-state index contributed by atoms with van der Waals surface area (Å²) in [5, 5.41) is 0. The normalized spacial score (nSPS) is 12.5. The van der Waals surface area contributed by atoms with Gasteiger partial charge in [-0.2, -0.15) is 0 Å². The molecule has 0 amide bonds. The van der Waals surface area contributed by atoms with Gasteiger partial charge in [0.15, 0.2) is 0 Å². The molecule has 0 unspecified atom stereocenters. The van der Waals surface area contributed by atoms with Gasteiger partial charge in [0.05, 0.1) is 0 Å². The van der Waals surface area contributed by atoms with E-state index in [2.05, 4.69) is 69.4 Å². The lowest BCUT2D eigenvalue weighted by molar-refractivity contribution is -0.155. The Morgan fingerprint density at radius 1 is 0.339 bits per heavy atom. The summed E-state index contributed by atoms with van der Waals surface area (Å²) in [7, 11) is 0. The largest absolute Gasteiger partial charge is 0.463 e. The van der Waals surface area contributed by atoms with Crippen molar-refractivity contribution < 1.29 is 23.8 Å². The molecule has 0 saturated carbocycles. The van der Waals surface area contributed by atoms with Crippen molar-refractivity contribution in [3.05, 3.63) is 48.6 Å². The van der Waals surface area contributed by atoms with Crippen molar-refractivity contribution in [1.82, 2.24) is 0 Å². The summed E-state index contributed by atoms with van der Waals surface area (Å²) in [5.74, 6) is -0.393. The number of rotatable bonds is 50. The molecule has 0 fully saturated rings. The first-order valence-electron chi connectivity index (χ1n) is 27.2. The number of hydrogen-bond acceptors (Lipinski definition) is 5. The number of allylic oxidation sites excluding steroid dienone is 8. The minimum absolute atomic E-state index is 0.131. The van der Waals surface area contributed by atoms with Gasteiger partial charge in [-0.25, -0.2) is 0 Å². The Morgan fingerprint density at radius 3 is 1.05 bits per heavy atom. The highest BCUT2D eigenvalue weighted by Crippen LogP contribution is 2.15. The van der Waals surface area contributed by atoms with Crippen LogP contribution in [0.2, 0.25) is 0 Å². The average Bonchev–Trinajstić information content (AvgIpc) is 3.28. The second-order valence-electron chi connectivity index (χ2n) is 18.1. The smallest absolute Gasteiger partial charge is 0.305 e. The van der Waals surface area contributed by atoms with Gasteiger partial charge in [0.1, 0.15) is 19.3 Å². The molecule has 0 aromatic rings. The second-order valence-corrected chi connectivity index (χ2v) is 18.1. The van der Waals surface area contributed by atoms with Crippen molar-refractivity contribution in [2.75, 3.05) is 19.8 Å². The molecule has 0 aliphatic rings. The van der Waals surface area contributed by atoms with Gasteiger partial charge in [-0.1, -0.05) is 236 Å². The zero-order chi connectivity index (χ0) is 44.9. The zero-order valence-corrected chi connectivity index (χ0v) is 41.6. The predicted octanol–water partition coefficient (Wildman–Crippen LogP) is 18.3. The van der Waals surface area contributed by atoms with Gasteiger partial charge in [-0.05, 0) is 77.0 Å². The maximum Gasteiger partial charge on any atom is 0.305 e. The Hall–Kier alpha value is -2.14. The van der Waals surface area contributed by atoms with Crippen LogP contribution in [0.25, 0.3) is 0 Å². The fourth-order valence-electron chi connectivity index (χ4n) is 7.73. The Balaban J connectivity index is 4.31. The fraction of sp³-hybridized carbons (Fsp3) is 0.825. The molecule has 0 N–H and O–H groups in total. The van der Waals surface area contributed by atoms with Crippen LogP contribution in [-0.4, -0.2) is 37.9 Å². The standard InChI is InChI=1S/C57H104O5/c1-4-7-10-13-16-19-22-25-27-29-30-33-36-39-42-45-48-51-57(59)62-54-55(53-61-56(58)50-47-44-41-38-35-32-24-21-18-15-12-9-6-3)60-52-49-46-43-40-37-34-31-28-26-23-20-17-14-11-8-5-2/h21,24-25,27,30,33,39,42,55H,4-20,22-23,26,28-29,31-32,34-38,40-41,43-54H2,1-3H3/b24-21-,27-25-,33-30-,42-39-/t55-/m0/s1. The molecule has 1 atom stereocenters. The van der Waals surface area contributed by atoms with Crippen LogP contribution in [0, 0.1) is 0 Å². The summed E-state index contributed by atoms with van der Waals surface area (Å²) in [6, 6.07) is 0. The zero-order valence-electron chi connectivity index (χ0n) is 41.6. The van der Waals surface area contributed by atoms with Gasteiger partial charge in [-0.15, -0.1) is 0 Å². The first-order valence-corrected chi connectivity index (χ1v) is 27.2. The molecular weight excluding hydrogens is 765 g/mol. The van der Waals surface area contributed by atoms with E-state index in [1.165, 1.54) is 180 Å². The molecule has 0 spiro atoms. The van der Waals surface area contributed by atoms with Crippen molar-refractivity contribution >= 4 is 11.9 Å². The van der Waals surface area contributed by atoms with E-state index in [1.807, 2.05) is 0 Å². The van der Waals surface area contributed by atoms with Crippen LogP contribution in [0.15, 0.2) is 48.6 Å². The third-order valence-electron chi connectivity index (χ3n) is 11.9. The Kier molecular flexibility index (Phi) is 51.4. The summed E-state index contributed by atoms with van der Waals surface area (Å²) in [4.78, 5) is 25.2. The molecule has 0 heterocycles. The van der Waals surface area contributed by atoms with Gasteiger partial charge >= 0.3 is 11.9 Å². The lowest BCUT2D eigenvalue weighted by Gasteiger charge is -2.18. The first kappa shape index (κ1) is 59.9. The van der Waals surface area contributed by atoms with Crippen molar-refractivity contribution in [3.8, 4) is 0 Å². The van der Waals surface area contributed by atoms with Gasteiger partial charge < -0.3 is 14.2 Å². The first-order chi connectivity index (χ1) is 30.6. The number of carbonyl (C=O) groups excluding carboxylic acids is 2. The van der Waals surface area contributed by atoms with Gasteiger partial charge in [0, 0.05) is 19.4 Å². The van der Waals surface area contributed by atoms with Crippen LogP contribution in [0.3, 0.4) is 0 Å². The van der Waals surface area contributed by atoms with Crippen LogP contribution in [0.5, 0.6) is 0 Å². The summed E-state index contributed by atoms with van der Waals surface area (Å²) in [6.07, 6.45) is 65.8. The van der Waals surface area contributed by atoms with Crippen LogP contribution >= 0.6 is 0 Å². The highest BCUT2D eigenvalue weighted by molar-refractivity contribution is 5.69. The third-order valence-corrected chi connectivity index (χ3v) is 11.9. The molecule has 362 valence electrons. The molecule has 0 aromatic carbocycles. The summed E-state index contributed by atoms with van der Waals surface area (Å²) in [6.45, 7) is 7.68. The van der Waals surface area contributed by atoms with Crippen molar-refractivity contribution in [2.24, 2.45) is 0 Å². The average molecular weight is 869 g/mol. The minimum atomic E-state index is -0.420. The molecule has 0 saturated heterocycles. The van der Waals surface area contributed by atoms with Crippen LogP contribution in [0.4, 0.5) is 0 Å². The highest BCUT2D eigenvalue weighted by Gasteiger charge is 2.16. The number of ether oxygens (including phenoxy) is 3.